The van der Waals surface area contributed by atoms with Crippen molar-refractivity contribution in [3.8, 4) is 0 Å². The average molecular weight is 512 g/mol. The summed E-state index contributed by atoms with van der Waals surface area (Å²) in [6, 6.07) is 20.8. The zero-order chi connectivity index (χ0) is 23.6. The third-order valence-electron chi connectivity index (χ3n) is 5.11. The summed E-state index contributed by atoms with van der Waals surface area (Å²) < 4.78 is 6.27. The maximum atomic E-state index is 13.4. The van der Waals surface area contributed by atoms with E-state index in [0.29, 0.717) is 31.1 Å². The predicted molar refractivity (Wildman–Crippen MR) is 134 cm³/mol. The SMILES string of the molecule is CC(C)CN(CC(=O)N(CCc1ccccc1)Cc1ccco1)C(=O)Nc1ccccc1Br. The van der Waals surface area contributed by atoms with Crippen molar-refractivity contribution in [3.63, 3.8) is 0 Å². The number of nitrogens with one attached hydrogen (secondary N) is 1. The van der Waals surface area contributed by atoms with E-state index in [0.717, 1.165) is 16.5 Å². The quantitative estimate of drug-likeness (QED) is 0.373. The highest BCUT2D eigenvalue weighted by Gasteiger charge is 2.23. The summed E-state index contributed by atoms with van der Waals surface area (Å²) in [6.07, 6.45) is 2.33. The van der Waals surface area contributed by atoms with Gasteiger partial charge in [0.25, 0.3) is 0 Å². The minimum Gasteiger partial charge on any atom is -0.467 e. The van der Waals surface area contributed by atoms with Gasteiger partial charge >= 0.3 is 6.03 Å². The lowest BCUT2D eigenvalue weighted by molar-refractivity contribution is -0.132. The summed E-state index contributed by atoms with van der Waals surface area (Å²) in [5.74, 6) is 0.806. The van der Waals surface area contributed by atoms with Crippen molar-refractivity contribution in [2.45, 2.75) is 26.8 Å². The lowest BCUT2D eigenvalue weighted by Gasteiger charge is -2.28. The number of para-hydroxylation sites is 1. The first-order chi connectivity index (χ1) is 15.9. The van der Waals surface area contributed by atoms with Gasteiger partial charge in [0.05, 0.1) is 18.5 Å². The first-order valence-electron chi connectivity index (χ1n) is 11.1. The summed E-state index contributed by atoms with van der Waals surface area (Å²) in [4.78, 5) is 29.7. The Hall–Kier alpha value is -3.06. The number of hydrogen-bond acceptors (Lipinski definition) is 3. The fourth-order valence-corrected chi connectivity index (χ4v) is 3.86. The zero-order valence-corrected chi connectivity index (χ0v) is 20.6. The van der Waals surface area contributed by atoms with Gasteiger partial charge in [-0.15, -0.1) is 0 Å². The number of anilines is 1. The normalized spacial score (nSPS) is 10.8. The van der Waals surface area contributed by atoms with Crippen LogP contribution in [0.4, 0.5) is 10.5 Å². The van der Waals surface area contributed by atoms with Crippen LogP contribution in [-0.4, -0.2) is 41.4 Å². The molecule has 0 fully saturated rings. The van der Waals surface area contributed by atoms with Crippen LogP contribution >= 0.6 is 15.9 Å². The van der Waals surface area contributed by atoms with Crippen LogP contribution in [0.3, 0.4) is 0 Å². The molecule has 0 unspecified atom stereocenters. The van der Waals surface area contributed by atoms with Gasteiger partial charge in [-0.1, -0.05) is 56.3 Å². The van der Waals surface area contributed by atoms with Crippen LogP contribution < -0.4 is 5.32 Å². The first-order valence-corrected chi connectivity index (χ1v) is 11.9. The number of nitrogens with zero attached hydrogens (tertiary/aromatic N) is 2. The third-order valence-corrected chi connectivity index (χ3v) is 5.80. The molecule has 0 aliphatic carbocycles. The van der Waals surface area contributed by atoms with E-state index in [9.17, 15) is 9.59 Å². The molecule has 0 atom stereocenters. The molecule has 1 heterocycles. The second-order valence-corrected chi connectivity index (χ2v) is 9.17. The number of benzene rings is 2. The summed E-state index contributed by atoms with van der Waals surface area (Å²) in [5.41, 5.74) is 1.82. The fraction of sp³-hybridized carbons (Fsp3) is 0.308. The molecule has 1 N–H and O–H groups in total. The zero-order valence-electron chi connectivity index (χ0n) is 19.0. The standard InChI is InChI=1S/C26H30BrN3O3/c1-20(2)17-30(26(32)28-24-13-7-6-12-23(24)27)19-25(31)29(18-22-11-8-16-33-22)15-14-21-9-4-3-5-10-21/h3-13,16,20H,14-15,17-19H2,1-2H3,(H,28,32). The van der Waals surface area contributed by atoms with E-state index in [4.69, 9.17) is 4.42 Å². The Morgan fingerprint density at radius 2 is 1.70 bits per heavy atom. The molecule has 0 aliphatic rings. The molecule has 33 heavy (non-hydrogen) atoms. The Kier molecular flexibility index (Phi) is 9.13. The van der Waals surface area contributed by atoms with Crippen LogP contribution in [0.25, 0.3) is 0 Å². The second kappa shape index (κ2) is 12.3. The van der Waals surface area contributed by atoms with E-state index in [1.807, 2.05) is 80.6 Å². The van der Waals surface area contributed by atoms with Gasteiger partial charge in [0, 0.05) is 17.6 Å². The molecular formula is C26H30BrN3O3. The highest BCUT2D eigenvalue weighted by Crippen LogP contribution is 2.22. The van der Waals surface area contributed by atoms with E-state index in [1.54, 1.807) is 16.1 Å². The Labute approximate surface area is 203 Å². The molecule has 2 aromatic carbocycles. The molecule has 1 aromatic heterocycles. The Morgan fingerprint density at radius 3 is 2.36 bits per heavy atom. The number of rotatable bonds is 10. The van der Waals surface area contributed by atoms with Crippen molar-refractivity contribution < 1.29 is 14.0 Å². The van der Waals surface area contributed by atoms with Gasteiger partial charge in [0.2, 0.25) is 5.91 Å². The molecule has 0 saturated heterocycles. The molecule has 0 bridgehead atoms. The van der Waals surface area contributed by atoms with Gasteiger partial charge in [0.1, 0.15) is 12.3 Å². The fourth-order valence-electron chi connectivity index (χ4n) is 3.47. The van der Waals surface area contributed by atoms with E-state index < -0.39 is 0 Å². The van der Waals surface area contributed by atoms with Gasteiger partial charge in [-0.25, -0.2) is 4.79 Å². The van der Waals surface area contributed by atoms with Crippen LogP contribution in [-0.2, 0) is 17.8 Å². The van der Waals surface area contributed by atoms with Crippen molar-refractivity contribution in [1.82, 2.24) is 9.80 Å². The maximum absolute atomic E-state index is 13.4. The van der Waals surface area contributed by atoms with Crippen LogP contribution in [0.1, 0.15) is 25.2 Å². The van der Waals surface area contributed by atoms with Crippen molar-refractivity contribution in [1.29, 1.82) is 0 Å². The van der Waals surface area contributed by atoms with Crippen LogP contribution in [0.2, 0.25) is 0 Å². The summed E-state index contributed by atoms with van der Waals surface area (Å²) in [6.45, 7) is 5.41. The number of carbonyl (C=O) groups is 2. The van der Waals surface area contributed by atoms with E-state index in [-0.39, 0.29) is 24.4 Å². The number of furan rings is 1. The number of carbonyl (C=O) groups excluding carboxylic acids is 2. The molecule has 0 saturated carbocycles. The second-order valence-electron chi connectivity index (χ2n) is 8.31. The molecular weight excluding hydrogens is 482 g/mol. The molecule has 7 heteroatoms. The Bertz CT molecular complexity index is 1020. The van der Waals surface area contributed by atoms with E-state index >= 15 is 0 Å². The number of halogens is 1. The average Bonchev–Trinajstić information content (AvgIpc) is 3.31. The van der Waals surface area contributed by atoms with Gasteiger partial charge in [-0.05, 0) is 58.1 Å². The number of urea groups is 1. The molecule has 0 radical (unpaired) electrons. The lowest BCUT2D eigenvalue weighted by Crippen LogP contribution is -2.46. The summed E-state index contributed by atoms with van der Waals surface area (Å²) in [7, 11) is 0. The topological polar surface area (TPSA) is 65.8 Å². The van der Waals surface area contributed by atoms with Crippen LogP contribution in [0, 0.1) is 5.92 Å². The Balaban J connectivity index is 1.72. The molecule has 3 amide bonds. The highest BCUT2D eigenvalue weighted by molar-refractivity contribution is 9.10. The monoisotopic (exact) mass is 511 g/mol. The molecule has 0 spiro atoms. The van der Waals surface area contributed by atoms with Gasteiger partial charge in [-0.3, -0.25) is 4.79 Å². The largest absolute Gasteiger partial charge is 0.467 e. The Morgan fingerprint density at radius 1 is 0.970 bits per heavy atom. The van der Waals surface area contributed by atoms with Crippen LogP contribution in [0.5, 0.6) is 0 Å². The molecule has 0 aliphatic heterocycles. The minimum absolute atomic E-state index is 0.00996. The van der Waals surface area contributed by atoms with Gasteiger partial charge in [0.15, 0.2) is 0 Å². The van der Waals surface area contributed by atoms with Crippen LogP contribution in [0.15, 0.2) is 81.9 Å². The minimum atomic E-state index is -0.301. The molecule has 3 aromatic rings. The maximum Gasteiger partial charge on any atom is 0.322 e. The lowest BCUT2D eigenvalue weighted by atomic mass is 10.1. The highest BCUT2D eigenvalue weighted by atomic mass is 79.9. The summed E-state index contributed by atoms with van der Waals surface area (Å²) >= 11 is 3.46. The van der Waals surface area contributed by atoms with Crippen molar-refractivity contribution >= 4 is 33.6 Å². The smallest absolute Gasteiger partial charge is 0.322 e. The number of hydrogen-bond donors (Lipinski definition) is 1. The van der Waals surface area contributed by atoms with E-state index in [2.05, 4.69) is 21.2 Å². The molecule has 6 nitrogen and oxygen atoms in total. The number of amides is 3. The molecule has 3 rings (SSSR count). The van der Waals surface area contributed by atoms with Crippen molar-refractivity contribution in [3.05, 3.63) is 88.8 Å². The van der Waals surface area contributed by atoms with Gasteiger partial charge < -0.3 is 19.5 Å². The van der Waals surface area contributed by atoms with Crippen molar-refractivity contribution in [2.75, 3.05) is 25.0 Å². The van der Waals surface area contributed by atoms with Crippen molar-refractivity contribution in [2.24, 2.45) is 5.92 Å². The predicted octanol–water partition coefficient (Wildman–Crippen LogP) is 5.80. The first kappa shape index (κ1) is 24.6. The molecule has 174 valence electrons. The third kappa shape index (κ3) is 7.79. The summed E-state index contributed by atoms with van der Waals surface area (Å²) in [5, 5.41) is 2.91. The van der Waals surface area contributed by atoms with Gasteiger partial charge in [-0.2, -0.15) is 0 Å². The van der Waals surface area contributed by atoms with E-state index in [1.165, 1.54) is 0 Å².